The minimum absolute atomic E-state index is 0.0558. The van der Waals surface area contributed by atoms with Crippen LogP contribution in [0.3, 0.4) is 0 Å². The van der Waals surface area contributed by atoms with Crippen LogP contribution in [0.15, 0.2) is 24.3 Å². The summed E-state index contributed by atoms with van der Waals surface area (Å²) in [6.07, 6.45) is 0. The quantitative estimate of drug-likeness (QED) is 0.209. The summed E-state index contributed by atoms with van der Waals surface area (Å²) < 4.78 is 142. The van der Waals surface area contributed by atoms with Crippen molar-refractivity contribution in [2.24, 2.45) is 0 Å². The van der Waals surface area contributed by atoms with Crippen LogP contribution in [0.1, 0.15) is 5.56 Å². The molecule has 0 atom stereocenters. The minimum atomic E-state index is -3.49. The zero-order valence-electron chi connectivity index (χ0n) is 16.7. The molecule has 0 saturated carbocycles. The molecule has 1 nitrogen and oxygen atoms in total. The van der Waals surface area contributed by atoms with E-state index >= 15 is 0 Å². The molecule has 0 saturated heterocycles. The number of rotatable bonds is 5. The highest BCUT2D eigenvalue weighted by molar-refractivity contribution is 7.80. The fourth-order valence-electron chi connectivity index (χ4n) is 3.14. The van der Waals surface area contributed by atoms with Gasteiger partial charge in [-0.1, -0.05) is 24.3 Å². The average molecular weight is 499 g/mol. The third-order valence-corrected chi connectivity index (χ3v) is 7.14. The highest BCUT2D eigenvalue weighted by Crippen LogP contribution is 2.41. The summed E-state index contributed by atoms with van der Waals surface area (Å²) in [5.41, 5.74) is 0.0986. The number of hydrogen-bond donors (Lipinski definition) is 0. The van der Waals surface area contributed by atoms with Crippen molar-refractivity contribution in [2.75, 3.05) is 14.1 Å². The van der Waals surface area contributed by atoms with E-state index in [1.807, 2.05) is 0 Å². The predicted octanol–water partition coefficient (Wildman–Crippen LogP) is 4.90. The molecule has 3 aromatic carbocycles. The molecule has 0 aliphatic rings. The van der Waals surface area contributed by atoms with E-state index in [0.717, 1.165) is 6.07 Å². The molecular weight excluding hydrogens is 487 g/mol. The number of nitrogens with zero attached hydrogens (tertiary/aromatic N) is 1. The molecule has 0 unspecified atom stereocenters. The van der Waals surface area contributed by atoms with Gasteiger partial charge in [0, 0.05) is 14.5 Å². The summed E-state index contributed by atoms with van der Waals surface area (Å²) in [7, 11) is -0.415. The second-order valence-electron chi connectivity index (χ2n) is 7.04. The van der Waals surface area contributed by atoms with Crippen molar-refractivity contribution >= 4 is 23.8 Å². The van der Waals surface area contributed by atoms with E-state index in [1.165, 1.54) is 37.2 Å². The van der Waals surface area contributed by atoms with E-state index in [2.05, 4.69) is 0 Å². The van der Waals surface area contributed by atoms with Crippen LogP contribution in [0.4, 0.5) is 43.9 Å². The molecule has 0 amide bonds. The van der Waals surface area contributed by atoms with E-state index in [-0.39, 0.29) is 17.4 Å². The van der Waals surface area contributed by atoms with Gasteiger partial charge in [0.2, 0.25) is 11.6 Å². The Morgan fingerprint density at radius 3 is 1.24 bits per heavy atom. The first-order valence-electron chi connectivity index (χ1n) is 8.95. The highest BCUT2D eigenvalue weighted by atomic mass is 31.1. The number of halogens is 10. The van der Waals surface area contributed by atoms with Crippen LogP contribution in [-0.4, -0.2) is 19.0 Å². The van der Waals surface area contributed by atoms with Gasteiger partial charge in [-0.05, 0) is 25.0 Å². The SMILES string of the molecule is CN(C)Cc1ccccc1P(c1c(F)c(F)c(F)c(F)c1F)c1c(F)c(F)c(F)c(F)c1F. The van der Waals surface area contributed by atoms with Gasteiger partial charge in [-0.2, -0.15) is 0 Å². The zero-order chi connectivity index (χ0) is 24.8. The van der Waals surface area contributed by atoms with Crippen molar-refractivity contribution in [3.63, 3.8) is 0 Å². The van der Waals surface area contributed by atoms with Crippen LogP contribution in [0, 0.1) is 58.2 Å². The first-order chi connectivity index (χ1) is 15.4. The molecule has 3 aromatic rings. The fraction of sp³-hybridized carbons (Fsp3) is 0.143. The van der Waals surface area contributed by atoms with Crippen LogP contribution in [0.2, 0.25) is 0 Å². The monoisotopic (exact) mass is 499 g/mol. The summed E-state index contributed by atoms with van der Waals surface area (Å²) in [5.74, 6) is -24.6. The van der Waals surface area contributed by atoms with Gasteiger partial charge in [0.15, 0.2) is 46.5 Å². The summed E-state index contributed by atoms with van der Waals surface area (Å²) in [6, 6.07) is 5.01. The van der Waals surface area contributed by atoms with Crippen LogP contribution >= 0.6 is 7.92 Å². The summed E-state index contributed by atoms with van der Waals surface area (Å²) in [4.78, 5) is 1.50. The van der Waals surface area contributed by atoms with Gasteiger partial charge in [0.1, 0.15) is 0 Å². The standard InChI is InChI=1S/C21H12F10NP/c1-32(2)7-8-5-3-4-6-9(8)33(20-16(28)12(24)10(22)13(25)17(20)29)21-18(30)14(26)11(23)15(27)19(21)31/h3-6H,7H2,1-2H3. The maximum absolute atomic E-state index is 14.7. The van der Waals surface area contributed by atoms with Gasteiger partial charge < -0.3 is 4.90 Å². The molecule has 3 rings (SSSR count). The normalized spacial score (nSPS) is 11.7. The molecule has 176 valence electrons. The van der Waals surface area contributed by atoms with E-state index in [0.29, 0.717) is 0 Å². The Hall–Kier alpha value is -2.65. The Labute approximate surface area is 182 Å². The van der Waals surface area contributed by atoms with Crippen molar-refractivity contribution in [3.05, 3.63) is 88.0 Å². The minimum Gasteiger partial charge on any atom is -0.305 e. The maximum Gasteiger partial charge on any atom is 0.200 e. The first kappa shape index (κ1) is 25.0. The van der Waals surface area contributed by atoms with Crippen molar-refractivity contribution in [3.8, 4) is 0 Å². The molecule has 0 radical (unpaired) electrons. The van der Waals surface area contributed by atoms with Crippen LogP contribution < -0.4 is 15.9 Å². The second-order valence-corrected chi connectivity index (χ2v) is 9.09. The lowest BCUT2D eigenvalue weighted by Gasteiger charge is -2.25. The van der Waals surface area contributed by atoms with Gasteiger partial charge in [-0.25, -0.2) is 43.9 Å². The Balaban J connectivity index is 2.54. The molecule has 0 aliphatic carbocycles. The Morgan fingerprint density at radius 1 is 0.545 bits per heavy atom. The smallest absolute Gasteiger partial charge is 0.200 e. The third-order valence-electron chi connectivity index (χ3n) is 4.54. The van der Waals surface area contributed by atoms with Crippen LogP contribution in [-0.2, 0) is 6.54 Å². The van der Waals surface area contributed by atoms with Crippen molar-refractivity contribution in [1.29, 1.82) is 0 Å². The highest BCUT2D eigenvalue weighted by Gasteiger charge is 2.38. The lowest BCUT2D eigenvalue weighted by atomic mass is 10.2. The molecule has 12 heteroatoms. The number of hydrogen-bond acceptors (Lipinski definition) is 1. The molecule has 0 aliphatic heterocycles. The zero-order valence-corrected chi connectivity index (χ0v) is 17.6. The molecule has 0 heterocycles. The summed E-state index contributed by atoms with van der Waals surface area (Å²) in [6.45, 7) is -0.0558. The fourth-order valence-corrected chi connectivity index (χ4v) is 5.69. The molecule has 33 heavy (non-hydrogen) atoms. The van der Waals surface area contributed by atoms with Crippen molar-refractivity contribution < 1.29 is 43.9 Å². The van der Waals surface area contributed by atoms with Crippen LogP contribution in [0.5, 0.6) is 0 Å². The third kappa shape index (κ3) is 4.19. The Kier molecular flexibility index (Phi) is 7.04. The molecular formula is C21H12F10NP. The van der Waals surface area contributed by atoms with E-state index in [4.69, 9.17) is 0 Å². The lowest BCUT2D eigenvalue weighted by Crippen LogP contribution is -2.34. The number of benzene rings is 3. The van der Waals surface area contributed by atoms with Gasteiger partial charge in [0.05, 0.1) is 10.6 Å². The van der Waals surface area contributed by atoms with Gasteiger partial charge in [-0.3, -0.25) is 0 Å². The van der Waals surface area contributed by atoms with E-state index in [9.17, 15) is 43.9 Å². The lowest BCUT2D eigenvalue weighted by molar-refractivity contribution is 0.383. The Bertz CT molecular complexity index is 1120. The van der Waals surface area contributed by atoms with Crippen molar-refractivity contribution in [1.82, 2.24) is 4.90 Å². The molecule has 0 bridgehead atoms. The summed E-state index contributed by atoms with van der Waals surface area (Å²) in [5, 5.41) is -3.76. The predicted molar refractivity (Wildman–Crippen MR) is 102 cm³/mol. The average Bonchev–Trinajstić information content (AvgIpc) is 2.78. The Morgan fingerprint density at radius 2 is 0.879 bits per heavy atom. The van der Waals surface area contributed by atoms with Gasteiger partial charge in [0.25, 0.3) is 0 Å². The van der Waals surface area contributed by atoms with Gasteiger partial charge in [-0.15, -0.1) is 0 Å². The topological polar surface area (TPSA) is 3.24 Å². The van der Waals surface area contributed by atoms with Crippen LogP contribution in [0.25, 0.3) is 0 Å². The molecule has 0 fully saturated rings. The van der Waals surface area contributed by atoms with Gasteiger partial charge >= 0.3 is 0 Å². The molecule has 0 spiro atoms. The second kappa shape index (κ2) is 9.30. The molecule has 0 N–H and O–H groups in total. The first-order valence-corrected chi connectivity index (χ1v) is 10.3. The largest absolute Gasteiger partial charge is 0.305 e. The van der Waals surface area contributed by atoms with E-state index in [1.54, 1.807) is 0 Å². The van der Waals surface area contributed by atoms with E-state index < -0.39 is 76.7 Å². The maximum atomic E-state index is 14.7. The molecule has 0 aromatic heterocycles. The van der Waals surface area contributed by atoms with Crippen molar-refractivity contribution in [2.45, 2.75) is 6.54 Å². The summed E-state index contributed by atoms with van der Waals surface area (Å²) >= 11 is 0.